The normalized spacial score (nSPS) is 11.2. The number of hydrogen-bond acceptors (Lipinski definition) is 3. The number of benzene rings is 3. The molecule has 0 bridgehead atoms. The zero-order chi connectivity index (χ0) is 24.8. The average Bonchev–Trinajstić information content (AvgIpc) is 3.19. The molecule has 1 N–H and O–H groups in total. The summed E-state index contributed by atoms with van der Waals surface area (Å²) in [4.78, 5) is 17.3. The van der Waals surface area contributed by atoms with Crippen molar-refractivity contribution in [2.75, 3.05) is 13.2 Å². The van der Waals surface area contributed by atoms with E-state index in [0.717, 1.165) is 35.4 Å². The van der Waals surface area contributed by atoms with Gasteiger partial charge in [0.15, 0.2) is 0 Å². The van der Waals surface area contributed by atoms with Crippen molar-refractivity contribution in [3.63, 3.8) is 0 Å². The summed E-state index contributed by atoms with van der Waals surface area (Å²) in [6.45, 7) is 8.26. The smallest absolute Gasteiger partial charge is 0.252 e. The summed E-state index contributed by atoms with van der Waals surface area (Å²) in [6, 6.07) is 21.7. The Kier molecular flexibility index (Phi) is 8.09. The highest BCUT2D eigenvalue weighted by atomic mass is 35.5. The Balaban J connectivity index is 1.41. The molecule has 0 aliphatic rings. The number of aryl methyl sites for hydroxylation is 2. The number of halogens is 1. The largest absolute Gasteiger partial charge is 0.491 e. The number of nitrogens with one attached hydrogen (secondary N) is 1. The van der Waals surface area contributed by atoms with Gasteiger partial charge in [-0.1, -0.05) is 61.8 Å². The summed E-state index contributed by atoms with van der Waals surface area (Å²) in [5, 5.41) is 3.42. The van der Waals surface area contributed by atoms with E-state index in [1.807, 2.05) is 30.3 Å². The van der Waals surface area contributed by atoms with E-state index in [1.165, 1.54) is 11.1 Å². The first-order valence-electron chi connectivity index (χ1n) is 12.1. The predicted octanol–water partition coefficient (Wildman–Crippen LogP) is 6.56. The first-order valence-corrected chi connectivity index (χ1v) is 12.5. The molecule has 1 heterocycles. The van der Waals surface area contributed by atoms with Crippen LogP contribution in [0.3, 0.4) is 0 Å². The molecule has 0 atom stereocenters. The highest BCUT2D eigenvalue weighted by Gasteiger charge is 2.13. The van der Waals surface area contributed by atoms with E-state index in [1.54, 1.807) is 12.1 Å². The maximum Gasteiger partial charge on any atom is 0.252 e. The van der Waals surface area contributed by atoms with Crippen LogP contribution in [0.2, 0.25) is 5.02 Å². The fourth-order valence-electron chi connectivity index (χ4n) is 4.25. The van der Waals surface area contributed by atoms with Gasteiger partial charge >= 0.3 is 0 Å². The van der Waals surface area contributed by atoms with E-state index in [-0.39, 0.29) is 5.91 Å². The molecule has 4 aromatic rings. The second-order valence-electron chi connectivity index (χ2n) is 9.05. The fourth-order valence-corrected chi connectivity index (χ4v) is 4.47. The average molecular weight is 490 g/mol. The lowest BCUT2D eigenvalue weighted by Gasteiger charge is -2.16. The summed E-state index contributed by atoms with van der Waals surface area (Å²) < 4.78 is 8.49. The van der Waals surface area contributed by atoms with Gasteiger partial charge in [0.05, 0.1) is 28.2 Å². The number of ether oxygens (including phenoxy) is 1. The number of fused-ring (bicyclic) bond motifs is 1. The molecule has 1 aromatic heterocycles. The number of nitrogens with zero attached hydrogens (tertiary/aromatic N) is 2. The number of imidazole rings is 1. The molecule has 0 saturated carbocycles. The highest BCUT2D eigenvalue weighted by Crippen LogP contribution is 2.27. The van der Waals surface area contributed by atoms with Crippen LogP contribution in [0.4, 0.5) is 0 Å². The van der Waals surface area contributed by atoms with Gasteiger partial charge in [0.25, 0.3) is 5.91 Å². The van der Waals surface area contributed by atoms with Crippen molar-refractivity contribution < 1.29 is 9.53 Å². The molecule has 5 nitrogen and oxygen atoms in total. The first kappa shape index (κ1) is 24.8. The number of rotatable bonds is 10. The zero-order valence-electron chi connectivity index (χ0n) is 20.6. The Morgan fingerprint density at radius 3 is 2.66 bits per heavy atom. The van der Waals surface area contributed by atoms with E-state index >= 15 is 0 Å². The molecule has 3 aromatic carbocycles. The second-order valence-corrected chi connectivity index (χ2v) is 9.46. The summed E-state index contributed by atoms with van der Waals surface area (Å²) in [5.41, 5.74) is 4.98. The van der Waals surface area contributed by atoms with Crippen molar-refractivity contribution in [1.29, 1.82) is 0 Å². The van der Waals surface area contributed by atoms with Crippen LogP contribution in [0.5, 0.6) is 5.75 Å². The zero-order valence-corrected chi connectivity index (χ0v) is 21.3. The maximum absolute atomic E-state index is 12.4. The third-order valence-corrected chi connectivity index (χ3v) is 6.41. The van der Waals surface area contributed by atoms with Crippen LogP contribution in [-0.4, -0.2) is 28.6 Å². The van der Waals surface area contributed by atoms with Crippen molar-refractivity contribution in [2.45, 2.75) is 46.1 Å². The van der Waals surface area contributed by atoms with Gasteiger partial charge in [0, 0.05) is 13.0 Å². The van der Waals surface area contributed by atoms with Crippen molar-refractivity contribution in [3.05, 3.63) is 94.3 Å². The number of carbonyl (C=O) groups is 1. The molecule has 0 aliphatic carbocycles. The van der Waals surface area contributed by atoms with Crippen LogP contribution in [0, 0.1) is 6.92 Å². The highest BCUT2D eigenvalue weighted by molar-refractivity contribution is 6.33. The van der Waals surface area contributed by atoms with Gasteiger partial charge in [-0.25, -0.2) is 4.98 Å². The standard InChI is InChI=1S/C29H32ClN3O2/c1-20(2)22-15-14-21(3)19-27(22)35-18-17-33-26-12-7-6-11-25(26)32-28(33)13-8-16-31-29(34)23-9-4-5-10-24(23)30/h4-7,9-12,14-15,19-20H,8,13,16-18H2,1-3H3,(H,31,34). The molecule has 182 valence electrons. The van der Waals surface area contributed by atoms with Gasteiger partial charge in [-0.3, -0.25) is 4.79 Å². The van der Waals surface area contributed by atoms with Crippen molar-refractivity contribution in [1.82, 2.24) is 14.9 Å². The number of amides is 1. The Bertz CT molecular complexity index is 1310. The summed E-state index contributed by atoms with van der Waals surface area (Å²) >= 11 is 6.14. The predicted molar refractivity (Wildman–Crippen MR) is 143 cm³/mol. The topological polar surface area (TPSA) is 56.1 Å². The summed E-state index contributed by atoms with van der Waals surface area (Å²) in [6.07, 6.45) is 1.52. The second kappa shape index (κ2) is 11.4. The Morgan fingerprint density at radius 2 is 1.86 bits per heavy atom. The molecule has 35 heavy (non-hydrogen) atoms. The van der Waals surface area contributed by atoms with Gasteiger partial charge in [0.2, 0.25) is 0 Å². The molecular formula is C29H32ClN3O2. The van der Waals surface area contributed by atoms with Crippen LogP contribution in [0.25, 0.3) is 11.0 Å². The Labute approximate surface area is 212 Å². The van der Waals surface area contributed by atoms with Crippen LogP contribution in [0.15, 0.2) is 66.7 Å². The van der Waals surface area contributed by atoms with Gasteiger partial charge in [0.1, 0.15) is 18.2 Å². The molecule has 1 amide bonds. The number of para-hydroxylation sites is 2. The van der Waals surface area contributed by atoms with Crippen molar-refractivity contribution >= 4 is 28.5 Å². The van der Waals surface area contributed by atoms with Crippen molar-refractivity contribution in [2.24, 2.45) is 0 Å². The van der Waals surface area contributed by atoms with Gasteiger partial charge < -0.3 is 14.6 Å². The molecule has 0 spiro atoms. The SMILES string of the molecule is Cc1ccc(C(C)C)c(OCCn2c(CCCNC(=O)c3ccccc3Cl)nc3ccccc32)c1. The molecule has 0 aliphatic heterocycles. The molecule has 0 unspecified atom stereocenters. The third kappa shape index (κ3) is 6.04. The number of hydrogen-bond donors (Lipinski definition) is 1. The molecule has 0 saturated heterocycles. The molecular weight excluding hydrogens is 458 g/mol. The van der Waals surface area contributed by atoms with Crippen LogP contribution >= 0.6 is 11.6 Å². The van der Waals surface area contributed by atoms with E-state index in [9.17, 15) is 4.79 Å². The molecule has 6 heteroatoms. The molecule has 0 radical (unpaired) electrons. The van der Waals surface area contributed by atoms with Crippen LogP contribution in [0.1, 0.15) is 53.5 Å². The van der Waals surface area contributed by atoms with Gasteiger partial charge in [-0.2, -0.15) is 0 Å². The third-order valence-electron chi connectivity index (χ3n) is 6.08. The first-order chi connectivity index (χ1) is 16.9. The monoisotopic (exact) mass is 489 g/mol. The van der Waals surface area contributed by atoms with E-state index in [2.05, 4.69) is 54.9 Å². The minimum absolute atomic E-state index is 0.156. The molecule has 0 fully saturated rings. The van der Waals surface area contributed by atoms with E-state index in [4.69, 9.17) is 21.3 Å². The lowest BCUT2D eigenvalue weighted by Crippen LogP contribution is -2.25. The number of aromatic nitrogens is 2. The van der Waals surface area contributed by atoms with Gasteiger partial charge in [-0.15, -0.1) is 0 Å². The van der Waals surface area contributed by atoms with Crippen molar-refractivity contribution in [3.8, 4) is 5.75 Å². The van der Waals surface area contributed by atoms with Crippen LogP contribution < -0.4 is 10.1 Å². The lowest BCUT2D eigenvalue weighted by molar-refractivity contribution is 0.0953. The van der Waals surface area contributed by atoms with Gasteiger partial charge in [-0.05, 0) is 60.7 Å². The summed E-state index contributed by atoms with van der Waals surface area (Å²) in [5.74, 6) is 2.19. The van der Waals surface area contributed by atoms with E-state index in [0.29, 0.717) is 36.2 Å². The molecule has 4 rings (SSSR count). The minimum Gasteiger partial charge on any atom is -0.491 e. The Hall–Kier alpha value is -3.31. The quantitative estimate of drug-likeness (QED) is 0.256. The lowest BCUT2D eigenvalue weighted by atomic mass is 10.0. The maximum atomic E-state index is 12.4. The van der Waals surface area contributed by atoms with Crippen LogP contribution in [-0.2, 0) is 13.0 Å². The number of carbonyl (C=O) groups excluding carboxylic acids is 1. The fraction of sp³-hybridized carbons (Fsp3) is 0.310. The minimum atomic E-state index is -0.156. The summed E-state index contributed by atoms with van der Waals surface area (Å²) in [7, 11) is 0. The van der Waals surface area contributed by atoms with E-state index < -0.39 is 0 Å². The Morgan fingerprint density at radius 1 is 1.09 bits per heavy atom.